The Morgan fingerprint density at radius 2 is 1.33 bits per heavy atom. The van der Waals surface area contributed by atoms with E-state index in [1.807, 2.05) is 80.6 Å². The monoisotopic (exact) mass is 646 g/mol. The fourth-order valence-electron chi connectivity index (χ4n) is 4.41. The molecule has 0 saturated carbocycles. The number of benzene rings is 4. The number of nitrogens with one attached hydrogen (secondary N) is 2. The third-order valence-electron chi connectivity index (χ3n) is 6.78. The number of nitrogen functional groups attached to an aromatic ring is 1. The third-order valence-corrected chi connectivity index (χ3v) is 8.45. The molecule has 0 aliphatic rings. The zero-order valence-corrected chi connectivity index (χ0v) is 26.6. The number of aromatic nitrogens is 2. The molecule has 0 aliphatic carbocycles. The van der Waals surface area contributed by atoms with Crippen LogP contribution in [0, 0.1) is 13.8 Å². The first-order chi connectivity index (χ1) is 22.2. The number of nitrogens with zero attached hydrogens (tertiary/aromatic N) is 2. The second-order valence-corrected chi connectivity index (χ2v) is 12.1. The Hall–Kier alpha value is -5.65. The molecule has 1 amide bonds. The van der Waals surface area contributed by atoms with E-state index in [0.717, 1.165) is 16.8 Å². The Balaban J connectivity index is 0.000000182. The number of carbonyl (C=O) groups excluding carboxylic acids is 3. The van der Waals surface area contributed by atoms with E-state index in [0.29, 0.717) is 48.9 Å². The average molecular weight is 647 g/mol. The van der Waals surface area contributed by atoms with Crippen molar-refractivity contribution in [3.63, 3.8) is 0 Å². The number of carbonyl (C=O) groups is 3. The predicted octanol–water partition coefficient (Wildman–Crippen LogP) is 7.53. The first kappa shape index (κ1) is 31.8. The molecule has 9 nitrogen and oxygen atoms in total. The Kier molecular flexibility index (Phi) is 9.96. The van der Waals surface area contributed by atoms with Crippen molar-refractivity contribution in [3.8, 4) is 0 Å². The van der Waals surface area contributed by atoms with Crippen LogP contribution < -0.4 is 22.1 Å². The van der Waals surface area contributed by atoms with Gasteiger partial charge in [0.15, 0.2) is 10.3 Å². The predicted molar refractivity (Wildman–Crippen MR) is 186 cm³/mol. The quantitative estimate of drug-likeness (QED) is 0.0929. The summed E-state index contributed by atoms with van der Waals surface area (Å²) in [6.45, 7) is 3.83. The van der Waals surface area contributed by atoms with Gasteiger partial charge in [-0.25, -0.2) is 9.97 Å². The molecule has 4 aromatic carbocycles. The second kappa shape index (κ2) is 14.4. The van der Waals surface area contributed by atoms with E-state index in [2.05, 4.69) is 20.6 Å². The van der Waals surface area contributed by atoms with Crippen LogP contribution in [0.2, 0.25) is 0 Å². The summed E-state index contributed by atoms with van der Waals surface area (Å²) in [5.41, 5.74) is 17.3. The van der Waals surface area contributed by atoms with Gasteiger partial charge >= 0.3 is 0 Å². The van der Waals surface area contributed by atoms with Crippen LogP contribution in [-0.2, 0) is 0 Å². The van der Waals surface area contributed by atoms with Gasteiger partial charge in [-0.3, -0.25) is 14.4 Å². The summed E-state index contributed by atoms with van der Waals surface area (Å²) >= 11 is 2.66. The highest BCUT2D eigenvalue weighted by molar-refractivity contribution is 7.17. The average Bonchev–Trinajstić information content (AvgIpc) is 3.71. The fourth-order valence-corrected chi connectivity index (χ4v) is 5.91. The van der Waals surface area contributed by atoms with Gasteiger partial charge in [0, 0.05) is 39.1 Å². The Morgan fingerprint density at radius 1 is 0.717 bits per heavy atom. The maximum absolute atomic E-state index is 12.6. The minimum absolute atomic E-state index is 0.0514. The minimum atomic E-state index is -0.492. The van der Waals surface area contributed by atoms with Gasteiger partial charge in [0.25, 0.3) is 0 Å². The van der Waals surface area contributed by atoms with Crippen molar-refractivity contribution < 1.29 is 14.4 Å². The first-order valence-corrected chi connectivity index (χ1v) is 15.8. The van der Waals surface area contributed by atoms with Gasteiger partial charge in [-0.15, -0.1) is 11.3 Å². The number of nitrogens with two attached hydrogens (primary N) is 2. The number of ketones is 2. The van der Waals surface area contributed by atoms with Crippen LogP contribution in [-0.4, -0.2) is 27.4 Å². The topological polar surface area (TPSA) is 153 Å². The smallest absolute Gasteiger partial charge is 0.248 e. The highest BCUT2D eigenvalue weighted by Crippen LogP contribution is 2.26. The molecule has 0 fully saturated rings. The normalized spacial score (nSPS) is 10.4. The van der Waals surface area contributed by atoms with Crippen molar-refractivity contribution >= 4 is 67.5 Å². The molecular formula is C35H30N6O3S2. The number of rotatable bonds is 9. The molecule has 0 spiro atoms. The lowest BCUT2D eigenvalue weighted by Gasteiger charge is -2.04. The molecule has 230 valence electrons. The number of anilines is 5. The summed E-state index contributed by atoms with van der Waals surface area (Å²) in [4.78, 5) is 45.4. The SMILES string of the molecule is Cc1ccccc1C(=O)c1cnc(Nc2cccc(C(N)=O)c2)s1.Cc1ccccc1C(=O)c1csc(Nc2cccc(N)c2)n1. The third kappa shape index (κ3) is 7.89. The summed E-state index contributed by atoms with van der Waals surface area (Å²) in [5.74, 6) is -0.604. The minimum Gasteiger partial charge on any atom is -0.399 e. The van der Waals surface area contributed by atoms with Gasteiger partial charge in [-0.2, -0.15) is 0 Å². The number of primary amides is 1. The van der Waals surface area contributed by atoms with E-state index in [1.54, 1.807) is 41.9 Å². The van der Waals surface area contributed by atoms with Crippen molar-refractivity contribution in [3.05, 3.63) is 147 Å². The van der Waals surface area contributed by atoms with Crippen LogP contribution in [0.5, 0.6) is 0 Å². The van der Waals surface area contributed by atoms with E-state index in [-0.39, 0.29) is 11.6 Å². The highest BCUT2D eigenvalue weighted by Gasteiger charge is 2.16. The lowest BCUT2D eigenvalue weighted by molar-refractivity contribution is 0.0997. The Morgan fingerprint density at radius 3 is 1.98 bits per heavy atom. The van der Waals surface area contributed by atoms with Gasteiger partial charge in [0.2, 0.25) is 17.5 Å². The van der Waals surface area contributed by atoms with Gasteiger partial charge in [0.1, 0.15) is 5.69 Å². The Labute approximate surface area is 274 Å². The molecule has 6 aromatic rings. The molecule has 2 heterocycles. The van der Waals surface area contributed by atoms with E-state index >= 15 is 0 Å². The van der Waals surface area contributed by atoms with E-state index in [4.69, 9.17) is 11.5 Å². The van der Waals surface area contributed by atoms with Gasteiger partial charge in [0.05, 0.1) is 11.1 Å². The fraction of sp³-hybridized carbons (Fsp3) is 0.0571. The summed E-state index contributed by atoms with van der Waals surface area (Å²) in [6, 6.07) is 29.2. The molecule has 0 aliphatic heterocycles. The lowest BCUT2D eigenvalue weighted by Crippen LogP contribution is -2.10. The van der Waals surface area contributed by atoms with Crippen molar-refractivity contribution in [1.29, 1.82) is 0 Å². The molecular weight excluding hydrogens is 617 g/mol. The standard InChI is InChI=1S/C18H15N3O2S.C17H15N3OS/c1-11-5-2-3-8-14(11)16(22)15-10-20-18(24-15)21-13-7-4-6-12(9-13)17(19)23;1-11-5-2-3-8-14(11)16(21)15-10-22-17(20-15)19-13-7-4-6-12(18)9-13/h2-10H,1H3,(H2,19,23)(H,20,21);2-10H,18H2,1H3,(H,19,20). The van der Waals surface area contributed by atoms with Crippen LogP contribution in [0.25, 0.3) is 0 Å². The molecule has 46 heavy (non-hydrogen) atoms. The summed E-state index contributed by atoms with van der Waals surface area (Å²) in [6.07, 6.45) is 1.56. The molecule has 0 bridgehead atoms. The van der Waals surface area contributed by atoms with Crippen LogP contribution in [0.15, 0.2) is 109 Å². The van der Waals surface area contributed by atoms with Gasteiger partial charge in [-0.05, 0) is 61.4 Å². The molecule has 0 radical (unpaired) electrons. The Bertz CT molecular complexity index is 2030. The zero-order chi connectivity index (χ0) is 32.6. The van der Waals surface area contributed by atoms with Gasteiger partial charge in [-0.1, -0.05) is 72.0 Å². The number of amides is 1. The molecule has 2 aromatic heterocycles. The van der Waals surface area contributed by atoms with E-state index in [9.17, 15) is 14.4 Å². The van der Waals surface area contributed by atoms with Crippen molar-refractivity contribution in [1.82, 2.24) is 9.97 Å². The largest absolute Gasteiger partial charge is 0.399 e. The number of hydrogen-bond acceptors (Lipinski definition) is 10. The van der Waals surface area contributed by atoms with Crippen molar-refractivity contribution in [2.24, 2.45) is 5.73 Å². The van der Waals surface area contributed by atoms with Crippen molar-refractivity contribution in [2.45, 2.75) is 13.8 Å². The summed E-state index contributed by atoms with van der Waals surface area (Å²) in [7, 11) is 0. The van der Waals surface area contributed by atoms with Crippen LogP contribution in [0.4, 0.5) is 27.3 Å². The summed E-state index contributed by atoms with van der Waals surface area (Å²) < 4.78 is 0. The van der Waals surface area contributed by atoms with Crippen molar-refractivity contribution in [2.75, 3.05) is 16.4 Å². The van der Waals surface area contributed by atoms with E-state index < -0.39 is 5.91 Å². The van der Waals surface area contributed by atoms with Crippen LogP contribution >= 0.6 is 22.7 Å². The highest BCUT2D eigenvalue weighted by atomic mass is 32.1. The number of aryl methyl sites for hydroxylation is 2. The molecule has 6 N–H and O–H groups in total. The maximum atomic E-state index is 12.6. The van der Waals surface area contributed by atoms with E-state index in [1.165, 1.54) is 22.7 Å². The summed E-state index contributed by atoms with van der Waals surface area (Å²) in [5, 5.41) is 9.26. The molecule has 11 heteroatoms. The molecule has 0 saturated heterocycles. The van der Waals surface area contributed by atoms with Crippen LogP contribution in [0.1, 0.15) is 52.8 Å². The number of hydrogen-bond donors (Lipinski definition) is 4. The van der Waals surface area contributed by atoms with Crippen LogP contribution in [0.3, 0.4) is 0 Å². The first-order valence-electron chi connectivity index (χ1n) is 14.1. The molecule has 0 atom stereocenters. The molecule has 0 unspecified atom stereocenters. The second-order valence-electron chi connectivity index (χ2n) is 10.2. The molecule has 6 rings (SSSR count). The van der Waals surface area contributed by atoms with Gasteiger partial charge < -0.3 is 22.1 Å². The zero-order valence-electron chi connectivity index (χ0n) is 25.0. The lowest BCUT2D eigenvalue weighted by atomic mass is 10.0. The maximum Gasteiger partial charge on any atom is 0.248 e. The number of thiazole rings is 2.